The van der Waals surface area contributed by atoms with E-state index in [9.17, 15) is 9.59 Å². The average molecular weight is 296 g/mol. The van der Waals surface area contributed by atoms with Crippen LogP contribution >= 0.6 is 11.3 Å². The number of carbonyl (C=O) groups excluding carboxylic acids is 1. The molecule has 2 heterocycles. The molecule has 0 aliphatic rings. The van der Waals surface area contributed by atoms with Gasteiger partial charge < -0.3 is 9.64 Å². The molecule has 0 amide bonds. The minimum absolute atomic E-state index is 0.194. The van der Waals surface area contributed by atoms with Crippen molar-refractivity contribution in [2.45, 2.75) is 20.4 Å². The third-order valence-electron chi connectivity index (χ3n) is 2.60. The van der Waals surface area contributed by atoms with Gasteiger partial charge in [-0.15, -0.1) is 16.4 Å². The quantitative estimate of drug-likeness (QED) is 0.776. The van der Waals surface area contributed by atoms with Crippen molar-refractivity contribution in [1.82, 2.24) is 14.8 Å². The standard InChI is InChI=1S/C12H16N4O3S/c1-5-19-8(17)6-16-12(18)10-9(13-7(2)20-10)11(14-16)15(3)4/h5-6H2,1-4H3. The number of carbonyl (C=O) groups is 1. The van der Waals surface area contributed by atoms with E-state index in [0.717, 1.165) is 9.69 Å². The summed E-state index contributed by atoms with van der Waals surface area (Å²) in [6.07, 6.45) is 0. The summed E-state index contributed by atoms with van der Waals surface area (Å²) in [5, 5.41) is 5.00. The summed E-state index contributed by atoms with van der Waals surface area (Å²) in [6, 6.07) is 0. The Kier molecular flexibility index (Phi) is 4.03. The first kappa shape index (κ1) is 14.4. The molecule has 0 N–H and O–H groups in total. The summed E-state index contributed by atoms with van der Waals surface area (Å²) in [5.41, 5.74) is 0.256. The van der Waals surface area contributed by atoms with Gasteiger partial charge in [0.1, 0.15) is 16.8 Å². The number of aryl methyl sites for hydroxylation is 1. The lowest BCUT2D eigenvalue weighted by Gasteiger charge is -2.13. The SMILES string of the molecule is CCOC(=O)Cn1nc(N(C)C)c2nc(C)sc2c1=O. The molecular formula is C12H16N4O3S. The van der Waals surface area contributed by atoms with Crippen LogP contribution in [0.25, 0.3) is 10.2 Å². The van der Waals surface area contributed by atoms with E-state index in [1.54, 1.807) is 11.8 Å². The topological polar surface area (TPSA) is 77.3 Å². The summed E-state index contributed by atoms with van der Waals surface area (Å²) in [5.74, 6) is 0.0839. The van der Waals surface area contributed by atoms with Gasteiger partial charge in [-0.3, -0.25) is 9.59 Å². The van der Waals surface area contributed by atoms with Crippen molar-refractivity contribution in [3.63, 3.8) is 0 Å². The van der Waals surface area contributed by atoms with Crippen LogP contribution in [0.3, 0.4) is 0 Å². The molecule has 0 aliphatic carbocycles. The number of esters is 1. The number of rotatable bonds is 4. The fourth-order valence-corrected chi connectivity index (χ4v) is 2.64. The monoisotopic (exact) mass is 296 g/mol. The minimum atomic E-state index is -0.479. The Morgan fingerprint density at radius 2 is 2.15 bits per heavy atom. The lowest BCUT2D eigenvalue weighted by Crippen LogP contribution is -2.29. The number of thiazole rings is 1. The normalized spacial score (nSPS) is 10.8. The summed E-state index contributed by atoms with van der Waals surface area (Å²) in [4.78, 5) is 29.9. The second kappa shape index (κ2) is 5.58. The van der Waals surface area contributed by atoms with Crippen molar-refractivity contribution >= 4 is 33.3 Å². The molecule has 0 aliphatic heterocycles. The highest BCUT2D eigenvalue weighted by Gasteiger charge is 2.17. The summed E-state index contributed by atoms with van der Waals surface area (Å²) in [6.45, 7) is 3.63. The molecule has 0 saturated heterocycles. The lowest BCUT2D eigenvalue weighted by atomic mass is 10.4. The number of anilines is 1. The molecule has 0 radical (unpaired) electrons. The second-order valence-corrected chi connectivity index (χ2v) is 5.60. The first-order valence-electron chi connectivity index (χ1n) is 6.15. The van der Waals surface area contributed by atoms with Crippen LogP contribution in [0.2, 0.25) is 0 Å². The molecule has 0 unspecified atom stereocenters. The molecule has 2 rings (SSSR count). The molecule has 7 nitrogen and oxygen atoms in total. The number of hydrogen-bond donors (Lipinski definition) is 0. The molecule has 0 saturated carbocycles. The summed E-state index contributed by atoms with van der Waals surface area (Å²) >= 11 is 1.30. The van der Waals surface area contributed by atoms with Gasteiger partial charge in [0, 0.05) is 14.1 Å². The zero-order valence-corrected chi connectivity index (χ0v) is 12.7. The summed E-state index contributed by atoms with van der Waals surface area (Å²) < 4.78 is 6.49. The maximum absolute atomic E-state index is 12.3. The van der Waals surface area contributed by atoms with E-state index >= 15 is 0 Å². The number of aromatic nitrogens is 3. The molecule has 0 fully saturated rings. The Bertz CT molecular complexity index is 705. The van der Waals surface area contributed by atoms with Crippen LogP contribution in [-0.4, -0.2) is 41.4 Å². The van der Waals surface area contributed by atoms with Gasteiger partial charge in [0.05, 0.1) is 11.6 Å². The summed E-state index contributed by atoms with van der Waals surface area (Å²) in [7, 11) is 3.63. The van der Waals surface area contributed by atoms with Crippen molar-refractivity contribution < 1.29 is 9.53 Å². The molecule has 108 valence electrons. The maximum atomic E-state index is 12.3. The van der Waals surface area contributed by atoms with Gasteiger partial charge in [-0.05, 0) is 13.8 Å². The first-order valence-corrected chi connectivity index (χ1v) is 6.97. The highest BCUT2D eigenvalue weighted by molar-refractivity contribution is 7.18. The fraction of sp³-hybridized carbons (Fsp3) is 0.500. The average Bonchev–Trinajstić information content (AvgIpc) is 2.74. The predicted molar refractivity (Wildman–Crippen MR) is 77.4 cm³/mol. The Morgan fingerprint density at radius 3 is 2.75 bits per heavy atom. The van der Waals surface area contributed by atoms with E-state index in [1.165, 1.54) is 11.3 Å². The molecule has 8 heteroatoms. The van der Waals surface area contributed by atoms with Crippen molar-refractivity contribution in [2.75, 3.05) is 25.6 Å². The fourth-order valence-electron chi connectivity index (χ4n) is 1.79. The first-order chi connectivity index (χ1) is 9.43. The van der Waals surface area contributed by atoms with Gasteiger partial charge in [0.15, 0.2) is 5.82 Å². The van der Waals surface area contributed by atoms with Gasteiger partial charge in [-0.1, -0.05) is 0 Å². The Hall–Kier alpha value is -1.96. The third-order valence-corrected chi connectivity index (χ3v) is 3.56. The zero-order chi connectivity index (χ0) is 14.9. The molecule has 2 aromatic heterocycles. The Balaban J connectivity index is 2.58. The van der Waals surface area contributed by atoms with Crippen LogP contribution in [0, 0.1) is 6.92 Å². The number of fused-ring (bicyclic) bond motifs is 1. The molecule has 2 aromatic rings. The van der Waals surface area contributed by atoms with E-state index in [2.05, 4.69) is 10.1 Å². The van der Waals surface area contributed by atoms with Gasteiger partial charge in [-0.25, -0.2) is 9.67 Å². The predicted octanol–water partition coefficient (Wildman–Crippen LogP) is 0.791. The molecule has 0 atom stereocenters. The molecule has 0 bridgehead atoms. The Morgan fingerprint density at radius 1 is 1.45 bits per heavy atom. The van der Waals surface area contributed by atoms with E-state index in [0.29, 0.717) is 16.0 Å². The van der Waals surface area contributed by atoms with E-state index < -0.39 is 5.97 Å². The van der Waals surface area contributed by atoms with Crippen molar-refractivity contribution in [3.05, 3.63) is 15.4 Å². The maximum Gasteiger partial charge on any atom is 0.327 e. The van der Waals surface area contributed by atoms with Crippen molar-refractivity contribution in [1.29, 1.82) is 0 Å². The molecule has 20 heavy (non-hydrogen) atoms. The Labute approximate surface area is 119 Å². The van der Waals surface area contributed by atoms with Gasteiger partial charge in [0.25, 0.3) is 5.56 Å². The third kappa shape index (κ3) is 2.64. The van der Waals surface area contributed by atoms with Gasteiger partial charge >= 0.3 is 5.97 Å². The van der Waals surface area contributed by atoms with Gasteiger partial charge in [0.2, 0.25) is 0 Å². The van der Waals surface area contributed by atoms with Crippen LogP contribution in [-0.2, 0) is 16.1 Å². The van der Waals surface area contributed by atoms with Crippen LogP contribution in [0.1, 0.15) is 11.9 Å². The van der Waals surface area contributed by atoms with E-state index in [1.807, 2.05) is 21.0 Å². The largest absolute Gasteiger partial charge is 0.465 e. The zero-order valence-electron chi connectivity index (χ0n) is 11.8. The second-order valence-electron chi connectivity index (χ2n) is 4.40. The van der Waals surface area contributed by atoms with Gasteiger partial charge in [-0.2, -0.15) is 0 Å². The smallest absolute Gasteiger partial charge is 0.327 e. The van der Waals surface area contributed by atoms with E-state index in [-0.39, 0.29) is 18.7 Å². The van der Waals surface area contributed by atoms with Crippen LogP contribution in [0.15, 0.2) is 4.79 Å². The van der Waals surface area contributed by atoms with Crippen LogP contribution < -0.4 is 10.5 Å². The van der Waals surface area contributed by atoms with Crippen molar-refractivity contribution in [2.24, 2.45) is 0 Å². The molecule has 0 aromatic carbocycles. The number of ether oxygens (including phenoxy) is 1. The number of hydrogen-bond acceptors (Lipinski definition) is 7. The van der Waals surface area contributed by atoms with E-state index in [4.69, 9.17) is 4.74 Å². The van der Waals surface area contributed by atoms with Crippen LogP contribution in [0.4, 0.5) is 5.82 Å². The lowest BCUT2D eigenvalue weighted by molar-refractivity contribution is -0.144. The van der Waals surface area contributed by atoms with Crippen molar-refractivity contribution in [3.8, 4) is 0 Å². The minimum Gasteiger partial charge on any atom is -0.465 e. The highest BCUT2D eigenvalue weighted by Crippen LogP contribution is 2.24. The number of nitrogens with zero attached hydrogens (tertiary/aromatic N) is 4. The molecular weight excluding hydrogens is 280 g/mol. The molecule has 0 spiro atoms. The van der Waals surface area contributed by atoms with Crippen LogP contribution in [0.5, 0.6) is 0 Å². The highest BCUT2D eigenvalue weighted by atomic mass is 32.1.